The summed E-state index contributed by atoms with van der Waals surface area (Å²) in [5.41, 5.74) is 5.68. The van der Waals surface area contributed by atoms with Crippen molar-refractivity contribution in [3.63, 3.8) is 0 Å². The van der Waals surface area contributed by atoms with Crippen molar-refractivity contribution in [2.45, 2.75) is 90.6 Å². The summed E-state index contributed by atoms with van der Waals surface area (Å²) in [6.07, 6.45) is 13.7. The summed E-state index contributed by atoms with van der Waals surface area (Å²) in [4.78, 5) is 0. The lowest BCUT2D eigenvalue weighted by Gasteiger charge is -2.19. The van der Waals surface area contributed by atoms with Gasteiger partial charge in [-0.1, -0.05) is 89.3 Å². The van der Waals surface area contributed by atoms with Crippen molar-refractivity contribution >= 4 is 7.75 Å². The van der Waals surface area contributed by atoms with E-state index < -0.39 is 7.75 Å². The smallest absolute Gasteiger partial charge is 0.413 e. The summed E-state index contributed by atoms with van der Waals surface area (Å²) in [5.74, 6) is 0.472. The van der Waals surface area contributed by atoms with Crippen LogP contribution >= 0.6 is 7.75 Å². The van der Waals surface area contributed by atoms with E-state index in [4.69, 9.17) is 14.6 Å². The Balaban J connectivity index is 2.04. The maximum absolute atomic E-state index is 12.2. The number of hydrogen-bond donors (Lipinski definition) is 1. The van der Waals surface area contributed by atoms with Crippen LogP contribution in [0.4, 0.5) is 0 Å². The molecular formula is C20H36NO3P. The van der Waals surface area contributed by atoms with Crippen LogP contribution in [-0.4, -0.2) is 6.10 Å². The zero-order chi connectivity index (χ0) is 18.4. The number of para-hydroxylation sites is 1. The highest BCUT2D eigenvalue weighted by molar-refractivity contribution is 7.51. The lowest BCUT2D eigenvalue weighted by atomic mass is 10.1. The molecule has 0 aromatic heterocycles. The molecule has 0 saturated heterocycles. The maximum Gasteiger partial charge on any atom is 0.456 e. The number of hydrogen-bond acceptors (Lipinski definition) is 3. The van der Waals surface area contributed by atoms with Crippen LogP contribution < -0.4 is 10.0 Å². The molecule has 2 atom stereocenters. The Bertz CT molecular complexity index is 481. The van der Waals surface area contributed by atoms with Crippen molar-refractivity contribution in [2.24, 2.45) is 5.50 Å². The summed E-state index contributed by atoms with van der Waals surface area (Å²) >= 11 is 0. The number of nitrogens with two attached hydrogens (primary N) is 1. The minimum Gasteiger partial charge on any atom is -0.413 e. The molecule has 0 radical (unpaired) electrons. The van der Waals surface area contributed by atoms with Gasteiger partial charge in [-0.2, -0.15) is 0 Å². The number of unbranched alkanes of at least 4 members (excludes halogenated alkanes) is 9. The van der Waals surface area contributed by atoms with E-state index in [-0.39, 0.29) is 6.10 Å². The first-order valence-corrected chi connectivity index (χ1v) is 11.5. The van der Waals surface area contributed by atoms with E-state index in [1.165, 1.54) is 57.8 Å². The normalized spacial score (nSPS) is 14.8. The highest BCUT2D eigenvalue weighted by Gasteiger charge is 2.23. The lowest BCUT2D eigenvalue weighted by molar-refractivity contribution is 0.181. The van der Waals surface area contributed by atoms with E-state index in [2.05, 4.69) is 6.92 Å². The van der Waals surface area contributed by atoms with Gasteiger partial charge in [-0.25, -0.2) is 10.1 Å². The standard InChI is InChI=1S/C20H36NO3P/c1-3-4-5-6-7-8-9-10-11-13-16-19(2)23-25(21,22)24-20-17-14-12-15-18-20/h12,14-15,17-19H,3-11,13,16H2,1-2H3,(H2,21,22). The molecule has 0 spiro atoms. The molecular weight excluding hydrogens is 333 g/mol. The molecule has 4 nitrogen and oxygen atoms in total. The third-order valence-electron chi connectivity index (χ3n) is 4.27. The first-order chi connectivity index (χ1) is 12.0. The summed E-state index contributed by atoms with van der Waals surface area (Å²) in [6, 6.07) is 8.92. The Morgan fingerprint density at radius 2 is 1.44 bits per heavy atom. The topological polar surface area (TPSA) is 61.5 Å². The van der Waals surface area contributed by atoms with Crippen molar-refractivity contribution < 1.29 is 13.6 Å². The van der Waals surface area contributed by atoms with Crippen molar-refractivity contribution in [1.29, 1.82) is 0 Å². The minimum atomic E-state index is -3.55. The Labute approximate surface area is 154 Å². The predicted molar refractivity (Wildman–Crippen MR) is 106 cm³/mol. The first kappa shape index (κ1) is 22.2. The van der Waals surface area contributed by atoms with Gasteiger partial charge in [0, 0.05) is 0 Å². The summed E-state index contributed by atoms with van der Waals surface area (Å²) in [5, 5.41) is 0. The van der Waals surface area contributed by atoms with Gasteiger partial charge in [-0.15, -0.1) is 0 Å². The molecule has 0 bridgehead atoms. The second-order valence-corrected chi connectivity index (χ2v) is 8.30. The third-order valence-corrected chi connectivity index (χ3v) is 5.39. The second-order valence-electron chi connectivity index (χ2n) is 6.83. The van der Waals surface area contributed by atoms with E-state index >= 15 is 0 Å². The van der Waals surface area contributed by atoms with Gasteiger partial charge < -0.3 is 4.52 Å². The number of benzene rings is 1. The molecule has 1 rings (SSSR count). The first-order valence-electron chi connectivity index (χ1n) is 9.85. The maximum atomic E-state index is 12.2. The second kappa shape index (κ2) is 13.4. The predicted octanol–water partition coefficient (Wildman–Crippen LogP) is 6.85. The van der Waals surface area contributed by atoms with Gasteiger partial charge in [-0.3, -0.25) is 4.52 Å². The molecule has 2 N–H and O–H groups in total. The van der Waals surface area contributed by atoms with E-state index in [1.54, 1.807) is 12.1 Å². The average Bonchev–Trinajstić information content (AvgIpc) is 2.56. The van der Waals surface area contributed by atoms with Gasteiger partial charge in [0.2, 0.25) is 0 Å². The van der Waals surface area contributed by atoms with Gasteiger partial charge >= 0.3 is 7.75 Å². The highest BCUT2D eigenvalue weighted by Crippen LogP contribution is 2.41. The van der Waals surface area contributed by atoms with Crippen molar-refractivity contribution in [1.82, 2.24) is 0 Å². The van der Waals surface area contributed by atoms with Gasteiger partial charge in [0.15, 0.2) is 0 Å². The Kier molecular flexibility index (Phi) is 11.9. The molecule has 0 fully saturated rings. The van der Waals surface area contributed by atoms with Crippen LogP contribution in [0.1, 0.15) is 84.5 Å². The zero-order valence-electron chi connectivity index (χ0n) is 16.0. The Morgan fingerprint density at radius 1 is 0.920 bits per heavy atom. The molecule has 144 valence electrons. The minimum absolute atomic E-state index is 0.159. The molecule has 0 saturated carbocycles. The fraction of sp³-hybridized carbons (Fsp3) is 0.700. The Hall–Kier alpha value is -0.830. The monoisotopic (exact) mass is 369 g/mol. The zero-order valence-corrected chi connectivity index (χ0v) is 16.9. The van der Waals surface area contributed by atoms with Gasteiger partial charge in [-0.05, 0) is 25.5 Å². The fourth-order valence-corrected chi connectivity index (χ4v) is 3.94. The summed E-state index contributed by atoms with van der Waals surface area (Å²) in [7, 11) is -3.55. The van der Waals surface area contributed by atoms with E-state index in [0.29, 0.717) is 5.75 Å². The molecule has 0 amide bonds. The Morgan fingerprint density at radius 3 is 2.00 bits per heavy atom. The van der Waals surface area contributed by atoms with Gasteiger partial charge in [0.25, 0.3) is 0 Å². The molecule has 0 heterocycles. The number of rotatable bonds is 15. The molecule has 25 heavy (non-hydrogen) atoms. The van der Waals surface area contributed by atoms with E-state index in [0.717, 1.165) is 12.8 Å². The molecule has 5 heteroatoms. The summed E-state index contributed by atoms with van der Waals surface area (Å²) < 4.78 is 22.9. The average molecular weight is 369 g/mol. The molecule has 1 aromatic rings. The summed E-state index contributed by atoms with van der Waals surface area (Å²) in [6.45, 7) is 4.16. The molecule has 0 aliphatic carbocycles. The highest BCUT2D eigenvalue weighted by atomic mass is 31.2. The van der Waals surface area contributed by atoms with Crippen molar-refractivity contribution in [3.05, 3.63) is 30.3 Å². The van der Waals surface area contributed by atoms with Gasteiger partial charge in [0.1, 0.15) is 5.75 Å². The van der Waals surface area contributed by atoms with Crippen LogP contribution in [0.25, 0.3) is 0 Å². The van der Waals surface area contributed by atoms with Crippen molar-refractivity contribution in [2.75, 3.05) is 0 Å². The fourth-order valence-electron chi connectivity index (χ4n) is 2.87. The van der Waals surface area contributed by atoms with Crippen LogP contribution in [0.15, 0.2) is 30.3 Å². The van der Waals surface area contributed by atoms with Crippen LogP contribution in [0, 0.1) is 0 Å². The van der Waals surface area contributed by atoms with Gasteiger partial charge in [0.05, 0.1) is 6.10 Å². The van der Waals surface area contributed by atoms with E-state index in [1.807, 2.05) is 25.1 Å². The van der Waals surface area contributed by atoms with Crippen molar-refractivity contribution in [3.8, 4) is 5.75 Å². The van der Waals surface area contributed by atoms with E-state index in [9.17, 15) is 4.57 Å². The van der Waals surface area contributed by atoms with Crippen LogP contribution in [0.3, 0.4) is 0 Å². The molecule has 0 aliphatic rings. The SMILES string of the molecule is CCCCCCCCCCCCC(C)OP(N)(=O)Oc1ccccc1. The quantitative estimate of drug-likeness (QED) is 0.271. The van der Waals surface area contributed by atoms with Crippen LogP contribution in [0.5, 0.6) is 5.75 Å². The van der Waals surface area contributed by atoms with Crippen LogP contribution in [-0.2, 0) is 9.09 Å². The van der Waals surface area contributed by atoms with Crippen LogP contribution in [0.2, 0.25) is 0 Å². The molecule has 1 aromatic carbocycles. The molecule has 2 unspecified atom stereocenters. The largest absolute Gasteiger partial charge is 0.456 e. The lowest BCUT2D eigenvalue weighted by Crippen LogP contribution is -2.14. The molecule has 0 aliphatic heterocycles. The third kappa shape index (κ3) is 12.2.